The van der Waals surface area contributed by atoms with Crippen LogP contribution in [0.4, 0.5) is 0 Å². The summed E-state index contributed by atoms with van der Waals surface area (Å²) >= 11 is 0. The van der Waals surface area contributed by atoms with Gasteiger partial charge in [-0.05, 0) is 36.6 Å². The molecular formula is C14H16N4O4S. The monoisotopic (exact) mass is 336 g/mol. The summed E-state index contributed by atoms with van der Waals surface area (Å²) in [5, 5.41) is 16.7. The van der Waals surface area contributed by atoms with Crippen molar-refractivity contribution in [3.63, 3.8) is 0 Å². The Labute approximate surface area is 133 Å². The van der Waals surface area contributed by atoms with Crippen molar-refractivity contribution < 1.29 is 18.3 Å². The average molecular weight is 336 g/mol. The number of carboxylic acids is 1. The fourth-order valence-corrected chi connectivity index (χ4v) is 3.47. The van der Waals surface area contributed by atoms with Gasteiger partial charge in [-0.25, -0.2) is 13.1 Å². The van der Waals surface area contributed by atoms with Crippen molar-refractivity contribution >= 4 is 16.0 Å². The Morgan fingerprint density at radius 2 is 2.04 bits per heavy atom. The fraction of sp³-hybridized carbons (Fsp3) is 0.357. The molecule has 1 aromatic carbocycles. The first-order chi connectivity index (χ1) is 11.0. The lowest BCUT2D eigenvalue weighted by Crippen LogP contribution is -2.41. The predicted molar refractivity (Wildman–Crippen MR) is 80.4 cm³/mol. The third kappa shape index (κ3) is 3.74. The maximum Gasteiger partial charge on any atom is 0.321 e. The van der Waals surface area contributed by atoms with Gasteiger partial charge >= 0.3 is 5.97 Å². The molecule has 9 heteroatoms. The Bertz CT molecular complexity index is 783. The molecule has 0 radical (unpaired) electrons. The smallest absolute Gasteiger partial charge is 0.321 e. The number of sulfonamides is 1. The highest BCUT2D eigenvalue weighted by Gasteiger charge is 2.32. The summed E-state index contributed by atoms with van der Waals surface area (Å²) in [7, 11) is -3.88. The lowest BCUT2D eigenvalue weighted by molar-refractivity contribution is -0.139. The van der Waals surface area contributed by atoms with Gasteiger partial charge in [0.15, 0.2) is 0 Å². The van der Waals surface area contributed by atoms with Crippen LogP contribution in [0.25, 0.3) is 5.69 Å². The molecule has 122 valence electrons. The molecule has 1 aliphatic rings. The number of aromatic nitrogens is 3. The number of carbonyl (C=O) groups is 1. The minimum absolute atomic E-state index is 0.0170. The average Bonchev–Trinajstić information content (AvgIpc) is 3.16. The topological polar surface area (TPSA) is 114 Å². The van der Waals surface area contributed by atoms with Crippen LogP contribution in [0.15, 0.2) is 41.6 Å². The molecule has 1 saturated carbocycles. The second-order valence-electron chi connectivity index (χ2n) is 5.53. The molecule has 2 N–H and O–H groups in total. The zero-order valence-electron chi connectivity index (χ0n) is 12.2. The maximum atomic E-state index is 12.3. The number of nitrogens with one attached hydrogen (secondary N) is 1. The summed E-state index contributed by atoms with van der Waals surface area (Å²) in [6.45, 7) is 0. The zero-order valence-corrected chi connectivity index (χ0v) is 13.0. The second kappa shape index (κ2) is 6.09. The van der Waals surface area contributed by atoms with Crippen LogP contribution < -0.4 is 4.72 Å². The number of benzene rings is 1. The number of carboxylic acid groups (broad SMARTS) is 1. The molecule has 23 heavy (non-hydrogen) atoms. The van der Waals surface area contributed by atoms with Crippen molar-refractivity contribution in [2.24, 2.45) is 5.92 Å². The normalized spacial score (nSPS) is 16.2. The summed E-state index contributed by atoms with van der Waals surface area (Å²) in [6, 6.07) is 4.90. The molecule has 0 spiro atoms. The minimum atomic E-state index is -3.88. The summed E-state index contributed by atoms with van der Waals surface area (Å²) in [4.78, 5) is 11.3. The summed E-state index contributed by atoms with van der Waals surface area (Å²) in [5.74, 6) is -0.854. The summed E-state index contributed by atoms with van der Waals surface area (Å²) in [6.07, 6.45) is 5.39. The van der Waals surface area contributed by atoms with E-state index in [9.17, 15) is 18.3 Å². The molecule has 1 atom stereocenters. The van der Waals surface area contributed by atoms with Gasteiger partial charge < -0.3 is 5.11 Å². The van der Waals surface area contributed by atoms with E-state index in [1.165, 1.54) is 23.0 Å². The molecular weight excluding hydrogens is 320 g/mol. The van der Waals surface area contributed by atoms with Crippen LogP contribution in [-0.4, -0.2) is 40.5 Å². The summed E-state index contributed by atoms with van der Waals surface area (Å²) < 4.78 is 28.4. The van der Waals surface area contributed by atoms with Gasteiger partial charge in [0.1, 0.15) is 6.04 Å². The number of nitrogens with zero attached hydrogens (tertiary/aromatic N) is 3. The molecule has 0 saturated heterocycles. The van der Waals surface area contributed by atoms with E-state index in [1.807, 2.05) is 0 Å². The SMILES string of the molecule is O=C(O)C(CC1CC1)NS(=O)(=O)c1ccc(-n2ccnn2)cc1. The van der Waals surface area contributed by atoms with Crippen LogP contribution in [0, 0.1) is 5.92 Å². The Balaban J connectivity index is 1.77. The van der Waals surface area contributed by atoms with E-state index in [0.717, 1.165) is 12.8 Å². The highest BCUT2D eigenvalue weighted by molar-refractivity contribution is 7.89. The lowest BCUT2D eigenvalue weighted by atomic mass is 10.1. The van der Waals surface area contributed by atoms with Gasteiger partial charge in [-0.3, -0.25) is 4.79 Å². The van der Waals surface area contributed by atoms with Gasteiger partial charge in [0.2, 0.25) is 10.0 Å². The van der Waals surface area contributed by atoms with Gasteiger partial charge in [0, 0.05) is 0 Å². The first-order valence-electron chi connectivity index (χ1n) is 7.17. The van der Waals surface area contributed by atoms with E-state index < -0.39 is 22.0 Å². The van der Waals surface area contributed by atoms with Crippen molar-refractivity contribution in [3.8, 4) is 5.69 Å². The van der Waals surface area contributed by atoms with Crippen LogP contribution in [0.5, 0.6) is 0 Å². The zero-order chi connectivity index (χ0) is 16.4. The molecule has 1 unspecified atom stereocenters. The Kier molecular flexibility index (Phi) is 4.14. The Morgan fingerprint density at radius 1 is 1.35 bits per heavy atom. The van der Waals surface area contributed by atoms with E-state index >= 15 is 0 Å². The van der Waals surface area contributed by atoms with Gasteiger partial charge in [-0.15, -0.1) is 5.10 Å². The number of hydrogen-bond acceptors (Lipinski definition) is 5. The van der Waals surface area contributed by atoms with E-state index in [0.29, 0.717) is 18.0 Å². The van der Waals surface area contributed by atoms with Crippen molar-refractivity contribution in [1.82, 2.24) is 19.7 Å². The first-order valence-corrected chi connectivity index (χ1v) is 8.66. The molecule has 0 aliphatic heterocycles. The van der Waals surface area contributed by atoms with Gasteiger partial charge in [-0.1, -0.05) is 18.1 Å². The molecule has 3 rings (SSSR count). The van der Waals surface area contributed by atoms with E-state index in [-0.39, 0.29) is 4.90 Å². The van der Waals surface area contributed by atoms with Gasteiger partial charge in [0.25, 0.3) is 0 Å². The lowest BCUT2D eigenvalue weighted by Gasteiger charge is -2.14. The molecule has 0 amide bonds. The van der Waals surface area contributed by atoms with Gasteiger partial charge in [-0.2, -0.15) is 4.72 Å². The molecule has 8 nitrogen and oxygen atoms in total. The predicted octanol–water partition coefficient (Wildman–Crippen LogP) is 0.799. The quantitative estimate of drug-likeness (QED) is 0.773. The number of hydrogen-bond donors (Lipinski definition) is 2. The molecule has 2 aromatic rings. The standard InChI is InChI=1S/C14H16N4O4S/c19-14(20)13(9-10-1-2-10)16-23(21,22)12-5-3-11(4-6-12)18-8-7-15-17-18/h3-8,10,13,16H,1-2,9H2,(H,19,20). The first kappa shape index (κ1) is 15.6. The van der Waals surface area contributed by atoms with Crippen molar-refractivity contribution in [2.75, 3.05) is 0 Å². The minimum Gasteiger partial charge on any atom is -0.480 e. The third-order valence-corrected chi connectivity index (χ3v) is 5.18. The van der Waals surface area contributed by atoms with Crippen molar-refractivity contribution in [2.45, 2.75) is 30.2 Å². The highest BCUT2D eigenvalue weighted by Crippen LogP contribution is 2.33. The van der Waals surface area contributed by atoms with Gasteiger partial charge in [0.05, 0.1) is 23.0 Å². The van der Waals surface area contributed by atoms with Crippen LogP contribution >= 0.6 is 0 Å². The molecule has 1 heterocycles. The maximum absolute atomic E-state index is 12.3. The van der Waals surface area contributed by atoms with Crippen molar-refractivity contribution in [1.29, 1.82) is 0 Å². The Morgan fingerprint density at radius 3 is 2.57 bits per heavy atom. The fourth-order valence-electron chi connectivity index (χ4n) is 2.27. The van der Waals surface area contributed by atoms with Crippen LogP contribution in [-0.2, 0) is 14.8 Å². The largest absolute Gasteiger partial charge is 0.480 e. The van der Waals surface area contributed by atoms with Crippen LogP contribution in [0.3, 0.4) is 0 Å². The van der Waals surface area contributed by atoms with E-state index in [4.69, 9.17) is 0 Å². The molecule has 1 fully saturated rings. The molecule has 1 aromatic heterocycles. The van der Waals surface area contributed by atoms with E-state index in [1.54, 1.807) is 18.3 Å². The van der Waals surface area contributed by atoms with Crippen molar-refractivity contribution in [3.05, 3.63) is 36.7 Å². The Hall–Kier alpha value is -2.26. The summed E-state index contributed by atoms with van der Waals surface area (Å²) in [5.41, 5.74) is 0.661. The second-order valence-corrected chi connectivity index (χ2v) is 7.25. The number of aliphatic carboxylic acids is 1. The number of rotatable bonds is 7. The van der Waals surface area contributed by atoms with E-state index in [2.05, 4.69) is 15.0 Å². The van der Waals surface area contributed by atoms with Crippen LogP contribution in [0.1, 0.15) is 19.3 Å². The third-order valence-electron chi connectivity index (χ3n) is 3.70. The highest BCUT2D eigenvalue weighted by atomic mass is 32.2. The molecule has 0 bridgehead atoms. The van der Waals surface area contributed by atoms with Crippen LogP contribution in [0.2, 0.25) is 0 Å². The molecule has 1 aliphatic carbocycles.